The maximum Gasteiger partial charge on any atom is 0.329 e. The number of imide groups is 1. The minimum Gasteiger partial charge on any atom is -0.328 e. The van der Waals surface area contributed by atoms with E-state index in [1.807, 2.05) is 0 Å². The molecule has 0 atom stereocenters. The summed E-state index contributed by atoms with van der Waals surface area (Å²) < 4.78 is 13.2. The van der Waals surface area contributed by atoms with Crippen LogP contribution >= 0.6 is 0 Å². The van der Waals surface area contributed by atoms with Crippen molar-refractivity contribution in [3.8, 4) is 0 Å². The van der Waals surface area contributed by atoms with Crippen molar-refractivity contribution in [1.82, 2.24) is 5.32 Å². The molecule has 0 aliphatic carbocycles. The number of halogens is 1. The van der Waals surface area contributed by atoms with E-state index >= 15 is 0 Å². The topological polar surface area (TPSA) is 49.4 Å². The van der Waals surface area contributed by atoms with E-state index in [-0.39, 0.29) is 12.2 Å². The average molecular weight is 194 g/mol. The third-order valence-corrected chi connectivity index (χ3v) is 1.94. The molecule has 1 fully saturated rings. The smallest absolute Gasteiger partial charge is 0.328 e. The summed E-state index contributed by atoms with van der Waals surface area (Å²) >= 11 is 0. The number of benzene rings is 1. The Labute approximate surface area is 79.3 Å². The summed E-state index contributed by atoms with van der Waals surface area (Å²) in [6.45, 7) is -0.0762. The summed E-state index contributed by atoms with van der Waals surface area (Å²) in [5.74, 6) is -1.03. The highest BCUT2D eigenvalue weighted by molar-refractivity contribution is 6.19. The highest BCUT2D eigenvalue weighted by atomic mass is 19.1. The second-order valence-corrected chi connectivity index (χ2v) is 2.84. The molecule has 1 aliphatic rings. The van der Waals surface area contributed by atoms with Crippen molar-refractivity contribution in [2.75, 3.05) is 11.4 Å². The number of carbonyl (C=O) groups is 2. The van der Waals surface area contributed by atoms with E-state index in [4.69, 9.17) is 0 Å². The molecule has 0 saturated carbocycles. The van der Waals surface area contributed by atoms with Crippen LogP contribution in [0.4, 0.5) is 14.9 Å². The molecule has 4 nitrogen and oxygen atoms in total. The van der Waals surface area contributed by atoms with Gasteiger partial charge in [0.2, 0.25) is 0 Å². The molecule has 1 aromatic rings. The van der Waals surface area contributed by atoms with Crippen molar-refractivity contribution in [2.45, 2.75) is 0 Å². The quantitative estimate of drug-likeness (QED) is 0.674. The number of anilines is 1. The lowest BCUT2D eigenvalue weighted by molar-refractivity contribution is -0.115. The SMILES string of the molecule is O=C1CNC(=O)N1c1ccccc1F. The van der Waals surface area contributed by atoms with Crippen LogP contribution in [0.5, 0.6) is 0 Å². The number of hydrogen-bond donors (Lipinski definition) is 1. The van der Waals surface area contributed by atoms with E-state index in [1.54, 1.807) is 6.07 Å². The van der Waals surface area contributed by atoms with Gasteiger partial charge in [-0.3, -0.25) is 4.79 Å². The van der Waals surface area contributed by atoms with E-state index in [1.165, 1.54) is 18.2 Å². The molecule has 1 aromatic carbocycles. The van der Waals surface area contributed by atoms with Gasteiger partial charge in [0, 0.05) is 0 Å². The Morgan fingerprint density at radius 3 is 2.57 bits per heavy atom. The Balaban J connectivity index is 2.44. The van der Waals surface area contributed by atoms with Gasteiger partial charge in [-0.05, 0) is 12.1 Å². The van der Waals surface area contributed by atoms with Gasteiger partial charge in [-0.15, -0.1) is 0 Å². The van der Waals surface area contributed by atoms with Crippen molar-refractivity contribution < 1.29 is 14.0 Å². The maximum absolute atomic E-state index is 13.2. The van der Waals surface area contributed by atoms with Crippen molar-refractivity contribution in [1.29, 1.82) is 0 Å². The maximum atomic E-state index is 13.2. The summed E-state index contributed by atoms with van der Waals surface area (Å²) in [7, 11) is 0. The van der Waals surface area contributed by atoms with Crippen LogP contribution in [-0.2, 0) is 4.79 Å². The van der Waals surface area contributed by atoms with Crippen LogP contribution in [0.3, 0.4) is 0 Å². The van der Waals surface area contributed by atoms with E-state index in [0.29, 0.717) is 0 Å². The van der Waals surface area contributed by atoms with Gasteiger partial charge in [0.15, 0.2) is 0 Å². The first-order chi connectivity index (χ1) is 6.70. The molecule has 3 amide bonds. The molecule has 0 spiro atoms. The van der Waals surface area contributed by atoms with Crippen molar-refractivity contribution >= 4 is 17.6 Å². The largest absolute Gasteiger partial charge is 0.329 e. The average Bonchev–Trinajstić information content (AvgIpc) is 2.48. The summed E-state index contributed by atoms with van der Waals surface area (Å²) in [5.41, 5.74) is -0.00694. The van der Waals surface area contributed by atoms with Gasteiger partial charge in [0.1, 0.15) is 5.82 Å². The lowest BCUT2D eigenvalue weighted by atomic mass is 10.3. The van der Waals surface area contributed by atoms with Gasteiger partial charge in [-0.25, -0.2) is 14.1 Å². The van der Waals surface area contributed by atoms with E-state index < -0.39 is 17.8 Å². The summed E-state index contributed by atoms with van der Waals surface area (Å²) in [6, 6.07) is 5.07. The molecule has 1 aliphatic heterocycles. The number of nitrogens with zero attached hydrogens (tertiary/aromatic N) is 1. The molecule has 1 heterocycles. The molecule has 1 N–H and O–H groups in total. The first kappa shape index (κ1) is 8.68. The Morgan fingerprint density at radius 1 is 1.29 bits per heavy atom. The zero-order valence-electron chi connectivity index (χ0n) is 7.16. The fourth-order valence-corrected chi connectivity index (χ4v) is 1.30. The van der Waals surface area contributed by atoms with Crippen LogP contribution < -0.4 is 10.2 Å². The Hall–Kier alpha value is -1.91. The number of urea groups is 1. The van der Waals surface area contributed by atoms with Crippen molar-refractivity contribution in [3.05, 3.63) is 30.1 Å². The van der Waals surface area contributed by atoms with E-state index in [9.17, 15) is 14.0 Å². The zero-order valence-corrected chi connectivity index (χ0v) is 7.16. The molecular formula is C9H7FN2O2. The van der Waals surface area contributed by atoms with Gasteiger partial charge in [-0.2, -0.15) is 0 Å². The highest BCUT2D eigenvalue weighted by Gasteiger charge is 2.31. The monoisotopic (exact) mass is 194 g/mol. The van der Waals surface area contributed by atoms with E-state index in [2.05, 4.69) is 5.32 Å². The van der Waals surface area contributed by atoms with E-state index in [0.717, 1.165) is 4.90 Å². The van der Waals surface area contributed by atoms with Crippen LogP contribution in [0.1, 0.15) is 0 Å². The first-order valence-electron chi connectivity index (χ1n) is 4.05. The normalized spacial score (nSPS) is 15.9. The van der Waals surface area contributed by atoms with Gasteiger partial charge < -0.3 is 5.32 Å². The number of hydrogen-bond acceptors (Lipinski definition) is 2. The summed E-state index contributed by atoms with van der Waals surface area (Å²) in [5, 5.41) is 2.32. The third kappa shape index (κ3) is 1.22. The van der Waals surface area contributed by atoms with Crippen LogP contribution in [0.25, 0.3) is 0 Å². The van der Waals surface area contributed by atoms with Gasteiger partial charge >= 0.3 is 6.03 Å². The second-order valence-electron chi connectivity index (χ2n) is 2.84. The molecule has 14 heavy (non-hydrogen) atoms. The number of nitrogens with one attached hydrogen (secondary N) is 1. The fraction of sp³-hybridized carbons (Fsp3) is 0.111. The molecule has 0 bridgehead atoms. The van der Waals surface area contributed by atoms with Crippen LogP contribution in [0.2, 0.25) is 0 Å². The standard InChI is InChI=1S/C9H7FN2O2/c10-6-3-1-2-4-7(6)12-8(13)5-11-9(12)14/h1-4H,5H2,(H,11,14). The van der Waals surface area contributed by atoms with Gasteiger partial charge in [-0.1, -0.05) is 12.1 Å². The minimum absolute atomic E-state index is 0.00694. The molecule has 1 saturated heterocycles. The molecule has 5 heteroatoms. The third-order valence-electron chi connectivity index (χ3n) is 1.94. The van der Waals surface area contributed by atoms with Crippen molar-refractivity contribution in [2.24, 2.45) is 0 Å². The molecule has 0 aromatic heterocycles. The van der Waals surface area contributed by atoms with Gasteiger partial charge in [0.25, 0.3) is 5.91 Å². The number of rotatable bonds is 1. The molecular weight excluding hydrogens is 187 g/mol. The lowest BCUT2D eigenvalue weighted by Gasteiger charge is -2.12. The minimum atomic E-state index is -0.585. The molecule has 0 unspecified atom stereocenters. The highest BCUT2D eigenvalue weighted by Crippen LogP contribution is 2.20. The molecule has 2 rings (SSSR count). The molecule has 72 valence electrons. The predicted octanol–water partition coefficient (Wildman–Crippen LogP) is 0.882. The van der Waals surface area contributed by atoms with Crippen LogP contribution in [-0.4, -0.2) is 18.5 Å². The van der Waals surface area contributed by atoms with Crippen LogP contribution in [0.15, 0.2) is 24.3 Å². The number of para-hydroxylation sites is 1. The number of carbonyl (C=O) groups excluding carboxylic acids is 2. The summed E-state index contributed by atoms with van der Waals surface area (Å²) in [4.78, 5) is 23.2. The zero-order chi connectivity index (χ0) is 10.1. The number of amides is 3. The first-order valence-corrected chi connectivity index (χ1v) is 4.05. The van der Waals surface area contributed by atoms with Crippen LogP contribution in [0, 0.1) is 5.82 Å². The predicted molar refractivity (Wildman–Crippen MR) is 47.3 cm³/mol. The Kier molecular flexibility index (Phi) is 1.92. The Morgan fingerprint density at radius 2 is 2.00 bits per heavy atom. The Bertz CT molecular complexity index is 390. The fourth-order valence-electron chi connectivity index (χ4n) is 1.30. The second kappa shape index (κ2) is 3.10. The lowest BCUT2D eigenvalue weighted by Crippen LogP contribution is -2.31. The van der Waals surface area contributed by atoms with Crippen molar-refractivity contribution in [3.63, 3.8) is 0 Å². The molecule has 0 radical (unpaired) electrons. The summed E-state index contributed by atoms with van der Waals surface area (Å²) in [6.07, 6.45) is 0. The van der Waals surface area contributed by atoms with Gasteiger partial charge in [0.05, 0.1) is 12.2 Å².